The molecule has 0 spiro atoms. The molecule has 0 aromatic heterocycles. The maximum absolute atomic E-state index is 4.47. The Morgan fingerprint density at radius 3 is 2.80 bits per heavy atom. The molecular weight excluding hydrogens is 202 g/mol. The molecule has 1 fully saturated rings. The molecule has 0 radical (unpaired) electrons. The lowest BCUT2D eigenvalue weighted by atomic mass is 10.0. The van der Waals surface area contributed by atoms with E-state index in [9.17, 15) is 0 Å². The third-order valence-electron chi connectivity index (χ3n) is 3.58. The predicted octanol–water partition coefficient (Wildman–Crippen LogP) is 3.45. The molecule has 0 aliphatic carbocycles. The van der Waals surface area contributed by atoms with Gasteiger partial charge < -0.3 is 4.90 Å². The summed E-state index contributed by atoms with van der Waals surface area (Å²) in [5.41, 5.74) is 0. The van der Waals surface area contributed by atoms with E-state index >= 15 is 0 Å². The first-order valence-electron chi connectivity index (χ1n) is 6.59. The molecule has 0 aromatic carbocycles. The van der Waals surface area contributed by atoms with E-state index in [-0.39, 0.29) is 0 Å². The molecule has 1 nitrogen and oxygen atoms in total. The lowest BCUT2D eigenvalue weighted by Crippen LogP contribution is -2.31. The summed E-state index contributed by atoms with van der Waals surface area (Å²) in [5.74, 6) is 2.81. The van der Waals surface area contributed by atoms with Crippen molar-refractivity contribution in [3.63, 3.8) is 0 Å². The van der Waals surface area contributed by atoms with E-state index in [4.69, 9.17) is 0 Å². The molecule has 0 aromatic rings. The van der Waals surface area contributed by atoms with Crippen molar-refractivity contribution in [1.29, 1.82) is 0 Å². The van der Waals surface area contributed by atoms with Gasteiger partial charge >= 0.3 is 0 Å². The van der Waals surface area contributed by atoms with E-state index in [1.165, 1.54) is 51.7 Å². The Morgan fingerprint density at radius 1 is 1.33 bits per heavy atom. The molecule has 2 unspecified atom stereocenters. The first-order chi connectivity index (χ1) is 7.26. The van der Waals surface area contributed by atoms with Gasteiger partial charge in [0, 0.05) is 6.54 Å². The van der Waals surface area contributed by atoms with Crippen molar-refractivity contribution < 1.29 is 0 Å². The average molecular weight is 229 g/mol. The fraction of sp³-hybridized carbons (Fsp3) is 1.00. The Balaban J connectivity index is 2.29. The smallest absolute Gasteiger partial charge is 0.00175 e. The molecule has 1 rings (SSSR count). The number of likely N-dealkylation sites (tertiary alicyclic amines) is 1. The molecule has 2 atom stereocenters. The number of nitrogens with zero attached hydrogens (tertiary/aromatic N) is 1. The summed E-state index contributed by atoms with van der Waals surface area (Å²) in [4.78, 5) is 2.67. The Kier molecular flexibility index (Phi) is 6.74. The van der Waals surface area contributed by atoms with E-state index < -0.39 is 0 Å². The third-order valence-corrected chi connectivity index (χ3v) is 4.10. The maximum Gasteiger partial charge on any atom is 0.00175 e. The Bertz CT molecular complexity index is 161. The van der Waals surface area contributed by atoms with Crippen molar-refractivity contribution in [3.8, 4) is 0 Å². The Hall–Kier alpha value is 0.310. The van der Waals surface area contributed by atoms with Crippen LogP contribution >= 0.6 is 12.6 Å². The fourth-order valence-corrected chi connectivity index (χ4v) is 2.82. The van der Waals surface area contributed by atoms with Crippen LogP contribution in [0.15, 0.2) is 0 Å². The zero-order valence-corrected chi connectivity index (χ0v) is 11.3. The number of hydrogen-bond acceptors (Lipinski definition) is 2. The van der Waals surface area contributed by atoms with E-state index in [1.54, 1.807) is 0 Å². The van der Waals surface area contributed by atoms with Crippen molar-refractivity contribution in [1.82, 2.24) is 4.90 Å². The second-order valence-electron chi connectivity index (χ2n) is 5.17. The molecule has 1 heterocycles. The van der Waals surface area contributed by atoms with E-state index in [0.717, 1.165) is 17.6 Å². The number of thiol groups is 1. The largest absolute Gasteiger partial charge is 0.303 e. The zero-order valence-electron chi connectivity index (χ0n) is 10.4. The molecule has 90 valence electrons. The Morgan fingerprint density at radius 2 is 2.13 bits per heavy atom. The van der Waals surface area contributed by atoms with Gasteiger partial charge in [0.05, 0.1) is 0 Å². The number of hydrogen-bond donors (Lipinski definition) is 1. The van der Waals surface area contributed by atoms with Gasteiger partial charge in [-0.3, -0.25) is 0 Å². The molecule has 1 saturated heterocycles. The van der Waals surface area contributed by atoms with Crippen molar-refractivity contribution in [3.05, 3.63) is 0 Å². The minimum absolute atomic E-state index is 0.812. The van der Waals surface area contributed by atoms with Crippen molar-refractivity contribution >= 4 is 12.6 Å². The molecule has 1 aliphatic heterocycles. The molecule has 0 amide bonds. The molecule has 0 saturated carbocycles. The standard InChI is InChI=1S/C13H27NS/c1-3-5-13(11-15)10-14-8-4-6-12(2)7-9-14/h12-13,15H,3-11H2,1-2H3. The highest BCUT2D eigenvalue weighted by molar-refractivity contribution is 7.80. The predicted molar refractivity (Wildman–Crippen MR) is 71.7 cm³/mol. The minimum atomic E-state index is 0.812. The van der Waals surface area contributed by atoms with Crippen LogP contribution in [0.25, 0.3) is 0 Å². The average Bonchev–Trinajstić information content (AvgIpc) is 2.43. The summed E-state index contributed by atoms with van der Waals surface area (Å²) in [7, 11) is 0. The molecule has 15 heavy (non-hydrogen) atoms. The molecule has 0 bridgehead atoms. The van der Waals surface area contributed by atoms with Crippen LogP contribution < -0.4 is 0 Å². The lowest BCUT2D eigenvalue weighted by molar-refractivity contribution is 0.240. The third kappa shape index (κ3) is 5.26. The van der Waals surface area contributed by atoms with Gasteiger partial charge in [0.1, 0.15) is 0 Å². The van der Waals surface area contributed by atoms with Crippen molar-refractivity contribution in [2.45, 2.75) is 46.0 Å². The normalized spacial score (nSPS) is 26.2. The Labute approximate surface area is 101 Å². The summed E-state index contributed by atoms with van der Waals surface area (Å²) in [6.07, 6.45) is 6.86. The van der Waals surface area contributed by atoms with Gasteiger partial charge in [-0.15, -0.1) is 0 Å². The second-order valence-corrected chi connectivity index (χ2v) is 5.54. The molecule has 2 heteroatoms. The second kappa shape index (κ2) is 7.56. The summed E-state index contributed by atoms with van der Waals surface area (Å²) < 4.78 is 0. The first-order valence-corrected chi connectivity index (χ1v) is 7.22. The van der Waals surface area contributed by atoms with Crippen LogP contribution in [0.4, 0.5) is 0 Å². The van der Waals surface area contributed by atoms with Crippen molar-refractivity contribution in [2.75, 3.05) is 25.4 Å². The SMILES string of the molecule is CCCC(CS)CN1CCCC(C)CC1. The highest BCUT2D eigenvalue weighted by Gasteiger charge is 2.16. The van der Waals surface area contributed by atoms with Gasteiger partial charge in [-0.05, 0) is 56.4 Å². The summed E-state index contributed by atoms with van der Waals surface area (Å²) in [6, 6.07) is 0. The van der Waals surface area contributed by atoms with Crippen LogP contribution in [0.1, 0.15) is 46.0 Å². The zero-order chi connectivity index (χ0) is 11.1. The topological polar surface area (TPSA) is 3.24 Å². The quantitative estimate of drug-likeness (QED) is 0.707. The molecule has 1 aliphatic rings. The molecule has 0 N–H and O–H groups in total. The van der Waals surface area contributed by atoms with E-state index in [1.807, 2.05) is 0 Å². The summed E-state index contributed by atoms with van der Waals surface area (Å²) >= 11 is 4.47. The van der Waals surface area contributed by atoms with Gasteiger partial charge in [-0.1, -0.05) is 20.3 Å². The van der Waals surface area contributed by atoms with Crippen molar-refractivity contribution in [2.24, 2.45) is 11.8 Å². The van der Waals surface area contributed by atoms with Gasteiger partial charge in [-0.25, -0.2) is 0 Å². The summed E-state index contributed by atoms with van der Waals surface area (Å²) in [5, 5.41) is 0. The van der Waals surface area contributed by atoms with Gasteiger partial charge in [0.25, 0.3) is 0 Å². The number of rotatable bonds is 5. The first kappa shape index (κ1) is 13.4. The van der Waals surface area contributed by atoms with Gasteiger partial charge in [0.15, 0.2) is 0 Å². The lowest BCUT2D eigenvalue weighted by Gasteiger charge is -2.25. The fourth-order valence-electron chi connectivity index (χ4n) is 2.52. The highest BCUT2D eigenvalue weighted by atomic mass is 32.1. The van der Waals surface area contributed by atoms with Gasteiger partial charge in [-0.2, -0.15) is 12.6 Å². The van der Waals surface area contributed by atoms with E-state index in [0.29, 0.717) is 0 Å². The van der Waals surface area contributed by atoms with Crippen LogP contribution in [-0.2, 0) is 0 Å². The van der Waals surface area contributed by atoms with E-state index in [2.05, 4.69) is 31.4 Å². The van der Waals surface area contributed by atoms with Crippen LogP contribution in [0.3, 0.4) is 0 Å². The monoisotopic (exact) mass is 229 g/mol. The highest BCUT2D eigenvalue weighted by Crippen LogP contribution is 2.18. The van der Waals surface area contributed by atoms with Crippen LogP contribution in [0.2, 0.25) is 0 Å². The maximum atomic E-state index is 4.47. The van der Waals surface area contributed by atoms with Crippen LogP contribution in [0, 0.1) is 11.8 Å². The van der Waals surface area contributed by atoms with Crippen LogP contribution in [0.5, 0.6) is 0 Å². The van der Waals surface area contributed by atoms with Crippen LogP contribution in [-0.4, -0.2) is 30.3 Å². The summed E-state index contributed by atoms with van der Waals surface area (Å²) in [6.45, 7) is 8.59. The van der Waals surface area contributed by atoms with Gasteiger partial charge in [0.2, 0.25) is 0 Å². The molecular formula is C13H27NS. The minimum Gasteiger partial charge on any atom is -0.303 e.